The van der Waals surface area contributed by atoms with Crippen molar-refractivity contribution in [2.75, 3.05) is 56.6 Å². The van der Waals surface area contributed by atoms with Crippen molar-refractivity contribution in [3.63, 3.8) is 0 Å². The van der Waals surface area contributed by atoms with Crippen LogP contribution in [0.25, 0.3) is 0 Å². The van der Waals surface area contributed by atoms with Crippen molar-refractivity contribution in [1.82, 2.24) is 19.9 Å². The third-order valence-electron chi connectivity index (χ3n) is 13.0. The number of rotatable bonds is 11. The van der Waals surface area contributed by atoms with Gasteiger partial charge >= 0.3 is 12.0 Å². The summed E-state index contributed by atoms with van der Waals surface area (Å²) < 4.78 is 35.2. The minimum absolute atomic E-state index is 0.0194. The second kappa shape index (κ2) is 16.9. The molecular formula is C45H56FN9O5SSi. The van der Waals surface area contributed by atoms with E-state index in [-0.39, 0.29) is 35.3 Å². The maximum Gasteiger partial charge on any atom is 0.345 e. The lowest BCUT2D eigenvalue weighted by Crippen LogP contribution is -2.70. The molecule has 1 unspecified atom stereocenters. The third kappa shape index (κ3) is 8.07. The van der Waals surface area contributed by atoms with Crippen LogP contribution in [0.1, 0.15) is 88.6 Å². The number of nitrogens with two attached hydrogens (primary N) is 2. The Morgan fingerprint density at radius 2 is 1.77 bits per heavy atom. The minimum Gasteiger partial charge on any atom is -0.461 e. The van der Waals surface area contributed by atoms with E-state index in [0.717, 1.165) is 34.6 Å². The van der Waals surface area contributed by atoms with Gasteiger partial charge in [-0.25, -0.2) is 9.18 Å². The van der Waals surface area contributed by atoms with Crippen LogP contribution in [0.3, 0.4) is 0 Å². The van der Waals surface area contributed by atoms with Crippen molar-refractivity contribution in [2.45, 2.75) is 101 Å². The zero-order valence-corrected chi connectivity index (χ0v) is 38.0. The molecule has 14 nitrogen and oxygen atoms in total. The molecule has 1 aliphatic carbocycles. The number of aryl methyl sites for hydroxylation is 1. The highest BCUT2D eigenvalue weighted by molar-refractivity contribution is 7.16. The summed E-state index contributed by atoms with van der Waals surface area (Å²) in [6.45, 7) is 13.3. The van der Waals surface area contributed by atoms with Gasteiger partial charge in [-0.3, -0.25) is 4.90 Å². The molecule has 4 N–H and O–H groups in total. The van der Waals surface area contributed by atoms with Crippen molar-refractivity contribution < 1.29 is 27.9 Å². The number of nitrogen functional groups attached to an aromatic ring is 1. The van der Waals surface area contributed by atoms with Gasteiger partial charge in [-0.1, -0.05) is 86.6 Å². The van der Waals surface area contributed by atoms with Crippen LogP contribution >= 0.6 is 11.3 Å². The average Bonchev–Trinajstić information content (AvgIpc) is 3.85. The Morgan fingerprint density at radius 3 is 2.45 bits per heavy atom. The van der Waals surface area contributed by atoms with Gasteiger partial charge in [0.15, 0.2) is 0 Å². The molecule has 2 aromatic carbocycles. The Hall–Kier alpha value is -4.99. The van der Waals surface area contributed by atoms with Gasteiger partial charge in [-0.2, -0.15) is 20.2 Å². The van der Waals surface area contributed by atoms with Crippen LogP contribution in [0.4, 0.5) is 15.3 Å². The summed E-state index contributed by atoms with van der Waals surface area (Å²) in [5.41, 5.74) is 11.1. The molecule has 0 bridgehead atoms. The number of aromatic nitrogens is 3. The number of thiophene rings is 1. The molecule has 0 amide bonds. The van der Waals surface area contributed by atoms with Gasteiger partial charge in [-0.05, 0) is 67.9 Å². The molecule has 5 heterocycles. The zero-order chi connectivity index (χ0) is 43.9. The molecule has 3 saturated heterocycles. The molecule has 8 rings (SSSR count). The van der Waals surface area contributed by atoms with E-state index in [1.165, 1.54) is 11.3 Å². The largest absolute Gasteiger partial charge is 0.461 e. The Bertz CT molecular complexity index is 2320. The number of halogens is 1. The van der Waals surface area contributed by atoms with Crippen molar-refractivity contribution >= 4 is 52.8 Å². The number of hydrogen-bond acceptors (Lipinski definition) is 14. The maximum absolute atomic E-state index is 14.8. The van der Waals surface area contributed by atoms with Crippen LogP contribution in [0.5, 0.6) is 6.01 Å². The first kappa shape index (κ1) is 43.6. The molecule has 0 radical (unpaired) electrons. The Kier molecular flexibility index (Phi) is 11.9. The first-order chi connectivity index (χ1) is 29.6. The van der Waals surface area contributed by atoms with E-state index in [2.05, 4.69) is 97.3 Å². The van der Waals surface area contributed by atoms with Crippen LogP contribution in [0.2, 0.25) is 5.04 Å². The Morgan fingerprint density at radius 1 is 1.06 bits per heavy atom. The number of anilines is 2. The highest BCUT2D eigenvalue weighted by Crippen LogP contribution is 2.46. The summed E-state index contributed by atoms with van der Waals surface area (Å²) in [7, 11) is -3.05. The summed E-state index contributed by atoms with van der Waals surface area (Å²) >= 11 is 1.32. The third-order valence-corrected chi connectivity index (χ3v) is 19.3. The van der Waals surface area contributed by atoms with E-state index in [1.807, 2.05) is 17.0 Å². The van der Waals surface area contributed by atoms with Crippen LogP contribution in [-0.2, 0) is 30.6 Å². The number of amidine groups is 1. The number of ether oxygens (including phenoxy) is 2. The van der Waals surface area contributed by atoms with Crippen LogP contribution in [0.15, 0.2) is 65.8 Å². The normalized spacial score (nSPS) is 25.7. The van der Waals surface area contributed by atoms with Crippen LogP contribution in [-0.4, -0.2) is 103 Å². The number of carbonyl (C=O) groups is 1. The lowest BCUT2D eigenvalue weighted by molar-refractivity contribution is -0.150. The SMILES string of the molecule is CC1(O[Si](c2ccccc2)(c2ccccc2)C(C)(C)C)COCCN(c2nc(OC[C@@]34CCCN3C[C@H](F)C4)nc(/C(N)=N/OC(=O)[C@@]3(C)CCCc4sc(N)c(C#N)c43)n2)C1. The van der Waals surface area contributed by atoms with E-state index < -0.39 is 37.0 Å². The fourth-order valence-corrected chi connectivity index (χ4v) is 16.1. The molecule has 0 spiro atoms. The summed E-state index contributed by atoms with van der Waals surface area (Å²) in [5.74, 6) is -0.784. The quantitative estimate of drug-likeness (QED) is 0.0677. The number of alkyl halides is 1. The van der Waals surface area contributed by atoms with Crippen LogP contribution in [0, 0.1) is 11.3 Å². The molecule has 3 aliphatic heterocycles. The topological polar surface area (TPSA) is 187 Å². The predicted molar refractivity (Wildman–Crippen MR) is 239 cm³/mol. The monoisotopic (exact) mass is 881 g/mol. The summed E-state index contributed by atoms with van der Waals surface area (Å²) in [4.78, 5) is 38.7. The fraction of sp³-hybridized carbons (Fsp3) is 0.511. The number of oxime groups is 1. The highest BCUT2D eigenvalue weighted by Gasteiger charge is 2.55. The number of benzene rings is 2. The molecule has 62 heavy (non-hydrogen) atoms. The first-order valence-corrected chi connectivity index (χ1v) is 24.1. The molecule has 4 atom stereocenters. The van der Waals surface area contributed by atoms with Gasteiger partial charge in [0.2, 0.25) is 17.6 Å². The van der Waals surface area contributed by atoms with Crippen molar-refractivity contribution in [3.8, 4) is 12.1 Å². The van der Waals surface area contributed by atoms with E-state index in [1.54, 1.807) is 6.92 Å². The smallest absolute Gasteiger partial charge is 0.345 e. The van der Waals surface area contributed by atoms with Gasteiger partial charge in [0.1, 0.15) is 23.8 Å². The van der Waals surface area contributed by atoms with Gasteiger partial charge in [0, 0.05) is 30.0 Å². The van der Waals surface area contributed by atoms with Gasteiger partial charge in [0.25, 0.3) is 8.32 Å². The number of nitrogens with zero attached hydrogens (tertiary/aromatic N) is 7. The Balaban J connectivity index is 1.14. The molecule has 17 heteroatoms. The molecule has 2 aromatic heterocycles. The summed E-state index contributed by atoms with van der Waals surface area (Å²) in [6.07, 6.45) is 3.03. The molecule has 4 aliphatic rings. The lowest BCUT2D eigenvalue weighted by atomic mass is 9.72. The second-order valence-electron chi connectivity index (χ2n) is 18.6. The van der Waals surface area contributed by atoms with Crippen molar-refractivity contribution in [1.29, 1.82) is 5.26 Å². The molecule has 4 aromatic rings. The van der Waals surface area contributed by atoms with Crippen molar-refractivity contribution in [2.24, 2.45) is 10.9 Å². The standard InChI is InChI=1S/C45H56FN9O5SSi/c1-42(2,3)62(31-14-8-6-9-15-31,32-16-10-7-11-17-32)60-43(4)27-54(22-23-57-28-43)40-50-38(51-41(52-40)58-29-45-20-13-21-55(45)26-30(46)24-45)36(48)53-59-39(56)44(5)19-12-18-34-35(44)33(25-47)37(49)61-34/h6-11,14-17,30H,12-13,18-24,26-29,49H2,1-5H3,(H2,48,53)/t30-,43?,44+,45+/m1/s1. The predicted octanol–water partition coefficient (Wildman–Crippen LogP) is 4.97. The number of carbonyl (C=O) groups excluding carboxylic acids is 1. The fourth-order valence-electron chi connectivity index (χ4n) is 10.1. The lowest BCUT2D eigenvalue weighted by Gasteiger charge is -2.48. The molecule has 3 fully saturated rings. The minimum atomic E-state index is -3.05. The molecular weight excluding hydrogens is 826 g/mol. The van der Waals surface area contributed by atoms with E-state index in [0.29, 0.717) is 74.7 Å². The van der Waals surface area contributed by atoms with Crippen molar-refractivity contribution in [3.05, 3.63) is 82.5 Å². The average molecular weight is 882 g/mol. The summed E-state index contributed by atoms with van der Waals surface area (Å²) in [6, 6.07) is 23.1. The zero-order valence-electron chi connectivity index (χ0n) is 36.2. The van der Waals surface area contributed by atoms with Gasteiger partial charge in [-0.15, -0.1) is 11.3 Å². The number of nitriles is 1. The van der Waals surface area contributed by atoms with E-state index >= 15 is 0 Å². The number of hydrogen-bond donors (Lipinski definition) is 2. The molecule has 0 saturated carbocycles. The first-order valence-electron chi connectivity index (χ1n) is 21.4. The number of fused-ring (bicyclic) bond motifs is 2. The van der Waals surface area contributed by atoms with Gasteiger partial charge in [0.05, 0.1) is 41.9 Å². The Labute approximate surface area is 367 Å². The van der Waals surface area contributed by atoms with E-state index in [4.69, 9.17) is 40.2 Å². The molecule has 328 valence electrons. The summed E-state index contributed by atoms with van der Waals surface area (Å²) in [5, 5.41) is 16.4. The van der Waals surface area contributed by atoms with Gasteiger partial charge < -0.3 is 35.1 Å². The highest BCUT2D eigenvalue weighted by atomic mass is 32.1. The maximum atomic E-state index is 14.8. The second-order valence-corrected chi connectivity index (χ2v) is 23.9. The van der Waals surface area contributed by atoms with Crippen LogP contribution < -0.4 is 31.5 Å². The van der Waals surface area contributed by atoms with E-state index in [9.17, 15) is 14.4 Å².